The predicted molar refractivity (Wildman–Crippen MR) is 130 cm³/mol. The van der Waals surface area contributed by atoms with Crippen LogP contribution in [-0.2, 0) is 24.4 Å². The van der Waals surface area contributed by atoms with Crippen LogP contribution in [0.2, 0.25) is 5.02 Å². The van der Waals surface area contributed by atoms with Gasteiger partial charge in [0, 0.05) is 37.6 Å². The molecule has 1 heterocycles. The number of carbonyl (C=O) groups excluding carboxylic acids is 1. The maximum atomic E-state index is 11.8. The van der Waals surface area contributed by atoms with Crippen LogP contribution in [0.15, 0.2) is 53.5 Å². The molecule has 3 rings (SSSR count). The van der Waals surface area contributed by atoms with Gasteiger partial charge in [-0.05, 0) is 36.1 Å². The lowest BCUT2D eigenvalue weighted by atomic mass is 10.1. The van der Waals surface area contributed by atoms with Crippen LogP contribution in [0.5, 0.6) is 0 Å². The molecule has 0 spiro atoms. The molecule has 2 N–H and O–H groups in total. The fourth-order valence-corrected chi connectivity index (χ4v) is 3.45. The van der Waals surface area contributed by atoms with Crippen molar-refractivity contribution in [3.05, 3.63) is 70.2 Å². The number of hydrogen-bond acceptors (Lipinski definition) is 2. The molecule has 0 aromatic heterocycles. The predicted octanol–water partition coefficient (Wildman–Crippen LogP) is 4.34. The molecular weight excluding hydrogens is 499 g/mol. The van der Waals surface area contributed by atoms with Crippen LogP contribution in [0.4, 0.5) is 0 Å². The van der Waals surface area contributed by atoms with Crippen molar-refractivity contribution in [2.24, 2.45) is 4.99 Å². The summed E-state index contributed by atoms with van der Waals surface area (Å²) >= 11 is 6.23. The van der Waals surface area contributed by atoms with E-state index in [0.29, 0.717) is 26.1 Å². The summed E-state index contributed by atoms with van der Waals surface area (Å²) in [5.41, 5.74) is 3.31. The number of nitrogens with zero attached hydrogens (tertiary/aromatic N) is 2. The molecule has 0 atom stereocenters. The van der Waals surface area contributed by atoms with Crippen LogP contribution >= 0.6 is 35.6 Å². The minimum Gasteiger partial charge on any atom is -0.357 e. The zero-order valence-corrected chi connectivity index (χ0v) is 19.7. The summed E-state index contributed by atoms with van der Waals surface area (Å²) in [5, 5.41) is 7.34. The second-order valence-electron chi connectivity index (χ2n) is 6.88. The fraction of sp³-hybridized carbons (Fsp3) is 0.364. The normalized spacial score (nSPS) is 13.9. The molecule has 0 unspecified atom stereocenters. The van der Waals surface area contributed by atoms with E-state index in [1.807, 2.05) is 42.2 Å². The molecule has 1 amide bonds. The van der Waals surface area contributed by atoms with Gasteiger partial charge in [0.05, 0.1) is 6.54 Å². The largest absolute Gasteiger partial charge is 0.357 e. The van der Waals surface area contributed by atoms with E-state index in [1.165, 1.54) is 0 Å². The third kappa shape index (κ3) is 7.19. The Morgan fingerprint density at radius 3 is 2.66 bits per heavy atom. The second-order valence-corrected chi connectivity index (χ2v) is 7.29. The SMILES string of the molecule is CCNC(=NCc1cccc(CN2CCCC2=O)c1)NCc1ccccc1Cl.I. The van der Waals surface area contributed by atoms with Crippen LogP contribution in [0, 0.1) is 0 Å². The monoisotopic (exact) mass is 526 g/mol. The number of rotatable bonds is 7. The highest BCUT2D eigenvalue weighted by Crippen LogP contribution is 2.16. The van der Waals surface area contributed by atoms with Crippen molar-refractivity contribution in [2.75, 3.05) is 13.1 Å². The molecule has 1 fully saturated rings. The molecule has 29 heavy (non-hydrogen) atoms. The minimum absolute atomic E-state index is 0. The van der Waals surface area contributed by atoms with Crippen molar-refractivity contribution in [3.63, 3.8) is 0 Å². The second kappa shape index (κ2) is 12.0. The Hall–Kier alpha value is -1.80. The van der Waals surface area contributed by atoms with E-state index >= 15 is 0 Å². The molecule has 2 aromatic rings. The van der Waals surface area contributed by atoms with Gasteiger partial charge in [0.1, 0.15) is 0 Å². The van der Waals surface area contributed by atoms with Gasteiger partial charge in [-0.3, -0.25) is 4.79 Å². The maximum absolute atomic E-state index is 11.8. The van der Waals surface area contributed by atoms with Crippen LogP contribution < -0.4 is 10.6 Å². The van der Waals surface area contributed by atoms with E-state index in [1.54, 1.807) is 0 Å². The van der Waals surface area contributed by atoms with Crippen molar-refractivity contribution in [3.8, 4) is 0 Å². The highest BCUT2D eigenvalue weighted by atomic mass is 127. The van der Waals surface area contributed by atoms with Crippen LogP contribution in [0.25, 0.3) is 0 Å². The number of hydrogen-bond donors (Lipinski definition) is 2. The van der Waals surface area contributed by atoms with Crippen LogP contribution in [0.3, 0.4) is 0 Å². The lowest BCUT2D eigenvalue weighted by molar-refractivity contribution is -0.128. The Kier molecular flexibility index (Phi) is 9.73. The molecule has 5 nitrogen and oxygen atoms in total. The number of halogens is 2. The lowest BCUT2D eigenvalue weighted by Crippen LogP contribution is -2.36. The fourth-order valence-electron chi connectivity index (χ4n) is 3.25. The summed E-state index contributed by atoms with van der Waals surface area (Å²) in [6.45, 7) is 5.55. The average molecular weight is 527 g/mol. The number of aliphatic imine (C=N–C) groups is 1. The van der Waals surface area contributed by atoms with E-state index in [9.17, 15) is 4.79 Å². The smallest absolute Gasteiger partial charge is 0.222 e. The third-order valence-corrected chi connectivity index (χ3v) is 5.07. The Balaban J connectivity index is 0.00000300. The zero-order chi connectivity index (χ0) is 19.8. The number of likely N-dealkylation sites (tertiary alicyclic amines) is 1. The van der Waals surface area contributed by atoms with Crippen LogP contribution in [0.1, 0.15) is 36.5 Å². The van der Waals surface area contributed by atoms with E-state index in [-0.39, 0.29) is 29.9 Å². The lowest BCUT2D eigenvalue weighted by Gasteiger charge is -2.16. The van der Waals surface area contributed by atoms with Gasteiger partial charge < -0.3 is 15.5 Å². The first-order valence-corrected chi connectivity index (χ1v) is 10.1. The standard InChI is InChI=1S/C22H27ClN4O.HI/c1-2-24-22(26-15-19-9-3-4-10-20(19)23)25-14-17-7-5-8-18(13-17)16-27-12-6-11-21(27)28;/h3-5,7-10,13H,2,6,11-12,14-16H2,1H3,(H2,24,25,26);1H. The molecule has 1 saturated heterocycles. The number of carbonyl (C=O) groups is 1. The molecule has 1 aliphatic rings. The summed E-state index contributed by atoms with van der Waals surface area (Å²) in [7, 11) is 0. The summed E-state index contributed by atoms with van der Waals surface area (Å²) in [6.07, 6.45) is 1.64. The number of amides is 1. The van der Waals surface area contributed by atoms with Gasteiger partial charge in [0.15, 0.2) is 5.96 Å². The zero-order valence-electron chi connectivity index (χ0n) is 16.7. The van der Waals surface area contributed by atoms with Gasteiger partial charge in [0.25, 0.3) is 0 Å². The summed E-state index contributed by atoms with van der Waals surface area (Å²) < 4.78 is 0. The summed E-state index contributed by atoms with van der Waals surface area (Å²) in [5.74, 6) is 1.00. The maximum Gasteiger partial charge on any atom is 0.222 e. The van der Waals surface area contributed by atoms with Crippen molar-refractivity contribution in [1.82, 2.24) is 15.5 Å². The van der Waals surface area contributed by atoms with Crippen molar-refractivity contribution in [1.29, 1.82) is 0 Å². The quantitative estimate of drug-likeness (QED) is 0.321. The van der Waals surface area contributed by atoms with E-state index in [4.69, 9.17) is 11.6 Å². The number of benzene rings is 2. The van der Waals surface area contributed by atoms with Gasteiger partial charge >= 0.3 is 0 Å². The topological polar surface area (TPSA) is 56.7 Å². The first-order valence-electron chi connectivity index (χ1n) is 9.77. The van der Waals surface area contributed by atoms with Crippen molar-refractivity contribution < 1.29 is 4.79 Å². The van der Waals surface area contributed by atoms with Crippen molar-refractivity contribution in [2.45, 2.75) is 39.4 Å². The summed E-state index contributed by atoms with van der Waals surface area (Å²) in [4.78, 5) is 18.5. The molecule has 2 aromatic carbocycles. The molecule has 0 bridgehead atoms. The van der Waals surface area contributed by atoms with Gasteiger partial charge in [-0.1, -0.05) is 54.1 Å². The Morgan fingerprint density at radius 2 is 1.93 bits per heavy atom. The molecule has 0 aliphatic carbocycles. The first-order chi connectivity index (χ1) is 13.7. The molecular formula is C22H28ClIN4O. The third-order valence-electron chi connectivity index (χ3n) is 4.70. The molecule has 7 heteroatoms. The van der Waals surface area contributed by atoms with E-state index in [0.717, 1.165) is 47.2 Å². The minimum atomic E-state index is 0. The Morgan fingerprint density at radius 1 is 1.14 bits per heavy atom. The van der Waals surface area contributed by atoms with Gasteiger partial charge in [-0.25, -0.2) is 4.99 Å². The van der Waals surface area contributed by atoms with Gasteiger partial charge in [0.2, 0.25) is 5.91 Å². The number of guanidine groups is 1. The highest BCUT2D eigenvalue weighted by molar-refractivity contribution is 14.0. The van der Waals surface area contributed by atoms with E-state index < -0.39 is 0 Å². The molecule has 1 aliphatic heterocycles. The van der Waals surface area contributed by atoms with E-state index in [2.05, 4.69) is 33.8 Å². The molecule has 156 valence electrons. The average Bonchev–Trinajstić information content (AvgIpc) is 3.10. The highest BCUT2D eigenvalue weighted by Gasteiger charge is 2.19. The molecule has 0 saturated carbocycles. The van der Waals surface area contributed by atoms with Crippen molar-refractivity contribution >= 4 is 47.4 Å². The van der Waals surface area contributed by atoms with Crippen LogP contribution in [-0.4, -0.2) is 29.9 Å². The van der Waals surface area contributed by atoms with Gasteiger partial charge in [-0.15, -0.1) is 24.0 Å². The van der Waals surface area contributed by atoms with Gasteiger partial charge in [-0.2, -0.15) is 0 Å². The molecule has 0 radical (unpaired) electrons. The number of nitrogens with one attached hydrogen (secondary N) is 2. The Bertz CT molecular complexity index is 843. The summed E-state index contributed by atoms with van der Waals surface area (Å²) in [6, 6.07) is 16.1. The first kappa shape index (κ1) is 23.5. The Labute approximate surface area is 194 Å².